The number of amides is 1. The average molecular weight is 392 g/mol. The van der Waals surface area contributed by atoms with Crippen LogP contribution in [0, 0.1) is 0 Å². The molecule has 126 valence electrons. The number of nitrogens with two attached hydrogens (primary N) is 1. The number of rotatable bonds is 8. The minimum Gasteiger partial charge on any atom is -0.343 e. The molecule has 23 heavy (non-hydrogen) atoms. The molecule has 0 bridgehead atoms. The first-order chi connectivity index (χ1) is 11.0. The molecule has 1 amide bonds. The summed E-state index contributed by atoms with van der Waals surface area (Å²) in [4.78, 5) is 14.9. The third-order valence-corrected chi connectivity index (χ3v) is 6.38. The summed E-state index contributed by atoms with van der Waals surface area (Å²) in [6, 6.07) is 3.85. The van der Waals surface area contributed by atoms with Gasteiger partial charge < -0.3 is 10.7 Å². The predicted molar refractivity (Wildman–Crippen MR) is 97.7 cm³/mol. The summed E-state index contributed by atoms with van der Waals surface area (Å²) >= 11 is 10.2. The van der Waals surface area contributed by atoms with Crippen molar-refractivity contribution in [3.05, 3.63) is 21.3 Å². The Bertz CT molecular complexity index is 656. The minimum absolute atomic E-state index is 0.0745. The van der Waals surface area contributed by atoms with Gasteiger partial charge in [0.2, 0.25) is 16.2 Å². The molecular formula is C13H18ClN5OS3. The average Bonchev–Trinajstić information content (AvgIpc) is 3.10. The second-order valence-electron chi connectivity index (χ2n) is 4.48. The Kier molecular flexibility index (Phi) is 7.07. The predicted octanol–water partition coefficient (Wildman–Crippen LogP) is 2.96. The fourth-order valence-electron chi connectivity index (χ4n) is 1.82. The van der Waals surface area contributed by atoms with Crippen LogP contribution < -0.4 is 5.84 Å². The molecule has 2 aromatic rings. The van der Waals surface area contributed by atoms with Crippen molar-refractivity contribution in [2.45, 2.75) is 29.9 Å². The fraction of sp³-hybridized carbons (Fsp3) is 0.462. The minimum atomic E-state index is 0.0745. The molecule has 6 nitrogen and oxygen atoms in total. The van der Waals surface area contributed by atoms with Gasteiger partial charge in [-0.15, -0.1) is 21.5 Å². The van der Waals surface area contributed by atoms with E-state index in [4.69, 9.17) is 17.4 Å². The molecule has 0 unspecified atom stereocenters. The summed E-state index contributed by atoms with van der Waals surface area (Å²) in [5, 5.41) is 9.29. The van der Waals surface area contributed by atoms with Crippen LogP contribution in [0.2, 0.25) is 4.34 Å². The Morgan fingerprint density at radius 3 is 2.52 bits per heavy atom. The maximum absolute atomic E-state index is 12.0. The van der Waals surface area contributed by atoms with E-state index in [2.05, 4.69) is 10.2 Å². The summed E-state index contributed by atoms with van der Waals surface area (Å²) in [5.74, 6) is 7.12. The van der Waals surface area contributed by atoms with Gasteiger partial charge in [-0.1, -0.05) is 35.1 Å². The number of aromatic nitrogens is 3. The molecule has 0 radical (unpaired) electrons. The first-order valence-electron chi connectivity index (χ1n) is 7.03. The quantitative estimate of drug-likeness (QED) is 0.550. The molecule has 0 fully saturated rings. The van der Waals surface area contributed by atoms with E-state index >= 15 is 0 Å². The van der Waals surface area contributed by atoms with E-state index in [9.17, 15) is 4.79 Å². The summed E-state index contributed by atoms with van der Waals surface area (Å²) in [6.07, 6.45) is 0. The topological polar surface area (TPSA) is 77.0 Å². The van der Waals surface area contributed by atoms with Gasteiger partial charge in [0.25, 0.3) is 0 Å². The summed E-state index contributed by atoms with van der Waals surface area (Å²) < 4.78 is 2.20. The normalized spacial score (nSPS) is 10.9. The Hall–Kier alpha value is -0.900. The first-order valence-corrected chi connectivity index (χ1v) is 10.2. The molecule has 0 aliphatic rings. The molecule has 2 aromatic heterocycles. The van der Waals surface area contributed by atoms with Gasteiger partial charge in [0, 0.05) is 23.7 Å². The Balaban J connectivity index is 1.90. The van der Waals surface area contributed by atoms with Crippen LogP contribution in [0.4, 0.5) is 0 Å². The van der Waals surface area contributed by atoms with Crippen LogP contribution in [0.25, 0.3) is 0 Å². The van der Waals surface area contributed by atoms with E-state index in [0.717, 1.165) is 15.0 Å². The highest BCUT2D eigenvalue weighted by atomic mass is 35.5. The summed E-state index contributed by atoms with van der Waals surface area (Å²) in [6.45, 7) is 5.33. The lowest BCUT2D eigenvalue weighted by molar-refractivity contribution is -0.127. The van der Waals surface area contributed by atoms with E-state index in [1.807, 2.05) is 26.0 Å². The molecule has 0 saturated heterocycles. The number of hydrogen-bond acceptors (Lipinski definition) is 7. The van der Waals surface area contributed by atoms with Crippen molar-refractivity contribution in [1.82, 2.24) is 19.8 Å². The molecule has 10 heteroatoms. The number of halogens is 1. The number of thiophene rings is 1. The van der Waals surface area contributed by atoms with Crippen molar-refractivity contribution in [2.75, 3.05) is 24.7 Å². The number of nitrogens with zero attached hydrogens (tertiary/aromatic N) is 4. The Labute approximate surface area is 152 Å². The molecule has 2 heterocycles. The van der Waals surface area contributed by atoms with Crippen molar-refractivity contribution < 1.29 is 4.79 Å². The van der Waals surface area contributed by atoms with Crippen LogP contribution in [0.1, 0.15) is 18.7 Å². The zero-order valence-corrected chi connectivity index (χ0v) is 16.1. The number of carbonyl (C=O) groups is 1. The largest absolute Gasteiger partial charge is 0.343 e. The second-order valence-corrected chi connectivity index (χ2v) is 8.17. The zero-order valence-electron chi connectivity index (χ0n) is 12.9. The van der Waals surface area contributed by atoms with Crippen LogP contribution in [-0.2, 0) is 10.5 Å². The van der Waals surface area contributed by atoms with Gasteiger partial charge in [0.05, 0.1) is 10.1 Å². The summed E-state index contributed by atoms with van der Waals surface area (Å²) in [5.41, 5.74) is 0. The highest BCUT2D eigenvalue weighted by Crippen LogP contribution is 2.29. The maximum atomic E-state index is 12.0. The lowest BCUT2D eigenvalue weighted by atomic mass is 10.5. The van der Waals surface area contributed by atoms with Gasteiger partial charge in [-0.05, 0) is 26.0 Å². The number of nitrogen functional groups attached to an aromatic ring is 1. The van der Waals surface area contributed by atoms with Gasteiger partial charge in [-0.25, -0.2) is 4.68 Å². The molecule has 0 atom stereocenters. The summed E-state index contributed by atoms with van der Waals surface area (Å²) in [7, 11) is 0. The monoisotopic (exact) mass is 391 g/mol. The highest BCUT2D eigenvalue weighted by Gasteiger charge is 2.15. The molecule has 0 spiro atoms. The molecular weight excluding hydrogens is 374 g/mol. The van der Waals surface area contributed by atoms with Crippen LogP contribution in [0.3, 0.4) is 0 Å². The number of hydrogen-bond donors (Lipinski definition) is 1. The first kappa shape index (κ1) is 18.4. The van der Waals surface area contributed by atoms with Gasteiger partial charge in [-0.3, -0.25) is 4.79 Å². The highest BCUT2D eigenvalue weighted by molar-refractivity contribution is 8.00. The molecule has 0 aromatic carbocycles. The smallest absolute Gasteiger partial charge is 0.233 e. The molecule has 0 aliphatic heterocycles. The zero-order chi connectivity index (χ0) is 16.8. The van der Waals surface area contributed by atoms with E-state index in [1.165, 1.54) is 39.5 Å². The molecule has 2 N–H and O–H groups in total. The molecule has 0 aliphatic carbocycles. The van der Waals surface area contributed by atoms with Gasteiger partial charge in [0.15, 0.2) is 0 Å². The lowest BCUT2D eigenvalue weighted by Crippen LogP contribution is -2.32. The Morgan fingerprint density at radius 1 is 1.30 bits per heavy atom. The van der Waals surface area contributed by atoms with Gasteiger partial charge in [-0.2, -0.15) is 0 Å². The van der Waals surface area contributed by atoms with Crippen LogP contribution in [0.15, 0.2) is 22.4 Å². The van der Waals surface area contributed by atoms with E-state index in [0.29, 0.717) is 29.2 Å². The number of carbonyl (C=O) groups excluding carboxylic acids is 1. The van der Waals surface area contributed by atoms with E-state index in [-0.39, 0.29) is 5.91 Å². The van der Waals surface area contributed by atoms with E-state index < -0.39 is 0 Å². The third kappa shape index (κ3) is 5.03. The van der Waals surface area contributed by atoms with Crippen LogP contribution in [0.5, 0.6) is 0 Å². The second kappa shape index (κ2) is 8.81. The van der Waals surface area contributed by atoms with Crippen molar-refractivity contribution in [3.63, 3.8) is 0 Å². The van der Waals surface area contributed by atoms with E-state index in [1.54, 1.807) is 4.90 Å². The lowest BCUT2D eigenvalue weighted by Gasteiger charge is -2.17. The van der Waals surface area contributed by atoms with Gasteiger partial charge in [0.1, 0.15) is 0 Å². The standard InChI is InChI=1S/C13H18ClN5OS3/c1-3-18(4-2)11(20)8-22-13-17-16-12(19(13)15)21-7-9-5-6-10(14)23-9/h5-6H,3-4,7-8,15H2,1-2H3. The van der Waals surface area contributed by atoms with Crippen LogP contribution in [-0.4, -0.2) is 44.5 Å². The van der Waals surface area contributed by atoms with Crippen molar-refractivity contribution in [3.8, 4) is 0 Å². The SMILES string of the molecule is CCN(CC)C(=O)CSc1nnc(SCc2ccc(Cl)s2)n1N. The third-order valence-electron chi connectivity index (χ3n) is 3.05. The van der Waals surface area contributed by atoms with Crippen molar-refractivity contribution in [1.29, 1.82) is 0 Å². The van der Waals surface area contributed by atoms with Gasteiger partial charge >= 0.3 is 0 Å². The molecule has 0 saturated carbocycles. The van der Waals surface area contributed by atoms with Crippen LogP contribution >= 0.6 is 46.5 Å². The number of thioether (sulfide) groups is 2. The Morgan fingerprint density at radius 2 is 1.96 bits per heavy atom. The van der Waals surface area contributed by atoms with Crippen molar-refractivity contribution >= 4 is 52.4 Å². The fourth-order valence-corrected chi connectivity index (χ4v) is 4.62. The maximum Gasteiger partial charge on any atom is 0.233 e. The molecule has 2 rings (SSSR count). The van der Waals surface area contributed by atoms with Crippen molar-refractivity contribution in [2.24, 2.45) is 0 Å².